The fourth-order valence-corrected chi connectivity index (χ4v) is 0.834. The first-order valence-corrected chi connectivity index (χ1v) is 3.76. The van der Waals surface area contributed by atoms with Gasteiger partial charge < -0.3 is 10.5 Å². The summed E-state index contributed by atoms with van der Waals surface area (Å²) in [5.74, 6) is -0.308. The topological polar surface area (TPSA) is 52.3 Å². The largest absolute Gasteiger partial charge is 0.462 e. The summed E-state index contributed by atoms with van der Waals surface area (Å²) in [5, 5.41) is 0. The molecule has 12 heavy (non-hydrogen) atoms. The van der Waals surface area contributed by atoms with Gasteiger partial charge in [-0.25, -0.2) is 4.79 Å². The first kappa shape index (κ1) is 8.59. The fourth-order valence-electron chi connectivity index (χ4n) is 0.834. The Morgan fingerprint density at radius 3 is 2.50 bits per heavy atom. The Bertz CT molecular complexity index is 266. The van der Waals surface area contributed by atoms with Crippen LogP contribution in [0.1, 0.15) is 17.3 Å². The number of anilines is 1. The van der Waals surface area contributed by atoms with Crippen molar-refractivity contribution < 1.29 is 9.53 Å². The van der Waals surface area contributed by atoms with Gasteiger partial charge in [-0.2, -0.15) is 0 Å². The minimum absolute atomic E-state index is 0.308. The van der Waals surface area contributed by atoms with Gasteiger partial charge >= 0.3 is 5.97 Å². The zero-order valence-electron chi connectivity index (χ0n) is 6.91. The van der Waals surface area contributed by atoms with Crippen molar-refractivity contribution >= 4 is 11.7 Å². The second-order valence-corrected chi connectivity index (χ2v) is 2.34. The molecule has 0 heterocycles. The van der Waals surface area contributed by atoms with Crippen LogP contribution in [0, 0.1) is 0 Å². The molecule has 0 amide bonds. The Labute approximate surface area is 71.1 Å². The maximum absolute atomic E-state index is 11.1. The SMILES string of the molecule is CCOC(=O)[13c]1[13cH][13cH][13c](N)[13cH][13cH]1. The average Bonchev–Trinajstić information content (AvgIpc) is 2.06. The highest BCUT2D eigenvalue weighted by Crippen LogP contribution is 2.06. The lowest BCUT2D eigenvalue weighted by Gasteiger charge is -2.00. The van der Waals surface area contributed by atoms with Gasteiger partial charge in [-0.3, -0.25) is 0 Å². The molecule has 0 radical (unpaired) electrons. The molecule has 0 aliphatic carbocycles. The highest BCUT2D eigenvalue weighted by Gasteiger charge is 2.03. The van der Waals surface area contributed by atoms with Crippen molar-refractivity contribution in [3.63, 3.8) is 0 Å². The molecule has 3 heteroatoms. The Kier molecular flexibility index (Phi) is 2.69. The molecular formula is C9H11NO2. The van der Waals surface area contributed by atoms with Crippen molar-refractivity contribution in [2.24, 2.45) is 0 Å². The number of ether oxygens (including phenoxy) is 1. The van der Waals surface area contributed by atoms with Gasteiger partial charge in [-0.1, -0.05) is 0 Å². The van der Waals surface area contributed by atoms with Crippen molar-refractivity contribution in [2.75, 3.05) is 12.3 Å². The van der Waals surface area contributed by atoms with Gasteiger partial charge in [0.25, 0.3) is 0 Å². The highest BCUT2D eigenvalue weighted by molar-refractivity contribution is 5.89. The van der Waals surface area contributed by atoms with Crippen LogP contribution in [-0.2, 0) is 4.74 Å². The van der Waals surface area contributed by atoms with E-state index in [4.69, 9.17) is 10.5 Å². The number of benzene rings is 1. The molecule has 0 aliphatic heterocycles. The second kappa shape index (κ2) is 3.76. The van der Waals surface area contributed by atoms with Gasteiger partial charge in [-0.15, -0.1) is 0 Å². The summed E-state index contributed by atoms with van der Waals surface area (Å²) in [6.45, 7) is 2.17. The van der Waals surface area contributed by atoms with Crippen LogP contribution >= 0.6 is 0 Å². The lowest BCUT2D eigenvalue weighted by atomic mass is 10.8. The van der Waals surface area contributed by atoms with E-state index >= 15 is 0 Å². The number of rotatable bonds is 2. The second-order valence-electron chi connectivity index (χ2n) is 2.34. The van der Waals surface area contributed by atoms with E-state index in [0.29, 0.717) is 17.9 Å². The lowest BCUT2D eigenvalue weighted by Crippen LogP contribution is -2.04. The van der Waals surface area contributed by atoms with Gasteiger partial charge in [0.15, 0.2) is 0 Å². The molecule has 0 aromatic heterocycles. The van der Waals surface area contributed by atoms with Crippen LogP contribution in [-0.4, -0.2) is 12.6 Å². The molecule has 0 saturated heterocycles. The Hall–Kier alpha value is -1.51. The molecule has 0 atom stereocenters. The number of carbonyl (C=O) groups is 1. The highest BCUT2D eigenvalue weighted by atomic mass is 16.5. The van der Waals surface area contributed by atoms with Crippen molar-refractivity contribution in [3.05, 3.63) is 29.8 Å². The third kappa shape index (κ3) is 1.99. The van der Waals surface area contributed by atoms with E-state index in [9.17, 15) is 4.79 Å². The summed E-state index contributed by atoms with van der Waals surface area (Å²) in [4.78, 5) is 11.1. The van der Waals surface area contributed by atoms with E-state index in [1.54, 1.807) is 31.2 Å². The van der Waals surface area contributed by atoms with Gasteiger partial charge in [0.2, 0.25) is 0 Å². The molecule has 0 saturated carbocycles. The number of hydrogen-bond acceptors (Lipinski definition) is 3. The predicted octanol–water partition coefficient (Wildman–Crippen LogP) is 1.45. The smallest absolute Gasteiger partial charge is 0.338 e. The molecule has 2 N–H and O–H groups in total. The summed E-state index contributed by atoms with van der Waals surface area (Å²) in [6.07, 6.45) is 0. The molecular weight excluding hydrogens is 160 g/mol. The summed E-state index contributed by atoms with van der Waals surface area (Å²) in [5.41, 5.74) is 6.62. The number of hydrogen-bond donors (Lipinski definition) is 1. The summed E-state index contributed by atoms with van der Waals surface area (Å²) >= 11 is 0. The standard InChI is InChI=1S/C9H11NO2/c1-2-12-9(11)7-3-5-8(10)6-4-7/h3-6H,2,10H2,1H3/i3+1,4+1,5+1,6+1,7+1,8+1. The normalized spacial score (nSPS) is 9.42. The van der Waals surface area contributed by atoms with E-state index in [-0.39, 0.29) is 5.97 Å². The molecule has 1 rings (SSSR count). The Morgan fingerprint density at radius 1 is 1.42 bits per heavy atom. The van der Waals surface area contributed by atoms with Crippen LogP contribution in [0.4, 0.5) is 5.69 Å². The molecule has 64 valence electrons. The number of nitrogen functional groups attached to an aromatic ring is 1. The minimum Gasteiger partial charge on any atom is -0.462 e. The van der Waals surface area contributed by atoms with E-state index in [2.05, 4.69) is 0 Å². The molecule has 1 aromatic carbocycles. The first-order chi connectivity index (χ1) is 5.74. The Balaban J connectivity index is 2.75. The molecule has 0 spiro atoms. The predicted molar refractivity (Wildman–Crippen MR) is 46.8 cm³/mol. The third-order valence-electron chi connectivity index (χ3n) is 1.42. The summed E-state index contributed by atoms with van der Waals surface area (Å²) in [6, 6.07) is 6.64. The third-order valence-corrected chi connectivity index (χ3v) is 1.42. The number of carbonyl (C=O) groups excluding carboxylic acids is 1. The molecule has 0 aliphatic rings. The van der Waals surface area contributed by atoms with Crippen LogP contribution in [0.5, 0.6) is 0 Å². The minimum atomic E-state index is -0.308. The number of esters is 1. The number of nitrogens with two attached hydrogens (primary N) is 1. The van der Waals surface area contributed by atoms with Gasteiger partial charge in [0.1, 0.15) is 0 Å². The van der Waals surface area contributed by atoms with Crippen LogP contribution in [0.25, 0.3) is 0 Å². The molecule has 0 unspecified atom stereocenters. The van der Waals surface area contributed by atoms with E-state index in [1.165, 1.54) is 0 Å². The Morgan fingerprint density at radius 2 is 2.00 bits per heavy atom. The van der Waals surface area contributed by atoms with Crippen LogP contribution in [0.2, 0.25) is 0 Å². The van der Waals surface area contributed by atoms with E-state index in [1.807, 2.05) is 0 Å². The van der Waals surface area contributed by atoms with Gasteiger partial charge in [-0.05, 0) is 31.2 Å². The maximum atomic E-state index is 11.1. The van der Waals surface area contributed by atoms with Crippen LogP contribution in [0.3, 0.4) is 0 Å². The zero-order chi connectivity index (χ0) is 8.97. The summed E-state index contributed by atoms with van der Waals surface area (Å²) in [7, 11) is 0. The zero-order valence-corrected chi connectivity index (χ0v) is 6.91. The molecule has 3 nitrogen and oxygen atoms in total. The van der Waals surface area contributed by atoms with E-state index < -0.39 is 0 Å². The van der Waals surface area contributed by atoms with Gasteiger partial charge in [0.05, 0.1) is 12.2 Å². The van der Waals surface area contributed by atoms with Crippen LogP contribution in [0.15, 0.2) is 24.3 Å². The quantitative estimate of drug-likeness (QED) is 0.541. The average molecular weight is 171 g/mol. The van der Waals surface area contributed by atoms with Crippen molar-refractivity contribution in [1.82, 2.24) is 0 Å². The van der Waals surface area contributed by atoms with Crippen molar-refractivity contribution in [2.45, 2.75) is 6.92 Å². The fraction of sp³-hybridized carbons (Fsp3) is 0.222. The van der Waals surface area contributed by atoms with E-state index in [0.717, 1.165) is 0 Å². The van der Waals surface area contributed by atoms with Gasteiger partial charge in [0, 0.05) is 5.69 Å². The lowest BCUT2D eigenvalue weighted by molar-refractivity contribution is 0.0526. The van der Waals surface area contributed by atoms with Crippen molar-refractivity contribution in [3.8, 4) is 0 Å². The molecule has 0 fully saturated rings. The molecule has 0 bridgehead atoms. The maximum Gasteiger partial charge on any atom is 0.338 e. The monoisotopic (exact) mass is 171 g/mol. The first-order valence-electron chi connectivity index (χ1n) is 3.76. The molecule has 1 aromatic rings. The summed E-state index contributed by atoms with van der Waals surface area (Å²) < 4.78 is 4.79. The van der Waals surface area contributed by atoms with Crippen LogP contribution < -0.4 is 5.73 Å². The van der Waals surface area contributed by atoms with Crippen molar-refractivity contribution in [1.29, 1.82) is 0 Å².